The zero-order valence-corrected chi connectivity index (χ0v) is 18.5. The average molecular weight is 435 g/mol. The van der Waals surface area contributed by atoms with Gasteiger partial charge in [0, 0.05) is 41.5 Å². The van der Waals surface area contributed by atoms with Crippen LogP contribution in [0.5, 0.6) is 0 Å². The maximum absolute atomic E-state index is 12.3. The number of carbonyl (C=O) groups excluding carboxylic acids is 1. The zero-order chi connectivity index (χ0) is 22.3. The van der Waals surface area contributed by atoms with Crippen LogP contribution in [0.15, 0.2) is 36.5 Å². The van der Waals surface area contributed by atoms with E-state index in [1.165, 1.54) is 12.8 Å². The molecule has 3 aromatic rings. The molecule has 2 heterocycles. The molecule has 1 amide bonds. The molecule has 2 aromatic heterocycles. The van der Waals surface area contributed by atoms with Crippen LogP contribution in [0.25, 0.3) is 0 Å². The first-order valence-corrected chi connectivity index (χ1v) is 11.1. The van der Waals surface area contributed by atoms with Gasteiger partial charge >= 0.3 is 0 Å². The number of aryl methyl sites for hydroxylation is 1. The number of nitrogens with zero attached hydrogens (tertiary/aromatic N) is 3. The van der Waals surface area contributed by atoms with Crippen LogP contribution in [0.1, 0.15) is 53.7 Å². The van der Waals surface area contributed by atoms with Gasteiger partial charge < -0.3 is 21.3 Å². The van der Waals surface area contributed by atoms with Crippen LogP contribution in [-0.4, -0.2) is 45.7 Å². The van der Waals surface area contributed by atoms with Crippen LogP contribution in [-0.2, 0) is 0 Å². The predicted octanol–water partition coefficient (Wildman–Crippen LogP) is 3.60. The fourth-order valence-electron chi connectivity index (χ4n) is 3.27. The lowest BCUT2D eigenvalue weighted by Gasteiger charge is -2.10. The summed E-state index contributed by atoms with van der Waals surface area (Å²) in [6.45, 7) is 6.51. The highest BCUT2D eigenvalue weighted by Crippen LogP contribution is 2.39. The molecule has 4 rings (SSSR count). The second-order valence-electron chi connectivity index (χ2n) is 8.00. The number of carbonyl (C=O) groups is 1. The maximum Gasteiger partial charge on any atom is 0.251 e. The lowest BCUT2D eigenvalue weighted by Crippen LogP contribution is -2.27. The molecule has 1 aliphatic carbocycles. The van der Waals surface area contributed by atoms with Gasteiger partial charge in [-0.3, -0.25) is 9.89 Å². The van der Waals surface area contributed by atoms with Gasteiger partial charge in [0.2, 0.25) is 5.95 Å². The third-order valence-corrected chi connectivity index (χ3v) is 5.29. The highest BCUT2D eigenvalue weighted by molar-refractivity contribution is 5.94. The van der Waals surface area contributed by atoms with Crippen molar-refractivity contribution >= 4 is 29.2 Å². The molecule has 0 unspecified atom stereocenters. The molecule has 5 N–H and O–H groups in total. The van der Waals surface area contributed by atoms with Crippen LogP contribution < -0.4 is 21.3 Å². The van der Waals surface area contributed by atoms with E-state index in [1.54, 1.807) is 18.3 Å². The molecule has 0 aliphatic heterocycles. The third kappa shape index (κ3) is 5.82. The Morgan fingerprint density at radius 1 is 1.16 bits per heavy atom. The fraction of sp³-hybridized carbons (Fsp3) is 0.391. The number of aromatic nitrogens is 4. The molecule has 0 atom stereocenters. The summed E-state index contributed by atoms with van der Waals surface area (Å²) in [7, 11) is 0. The monoisotopic (exact) mass is 434 g/mol. The molecule has 32 heavy (non-hydrogen) atoms. The first-order chi connectivity index (χ1) is 15.6. The summed E-state index contributed by atoms with van der Waals surface area (Å²) in [5, 5.41) is 20.1. The molecule has 9 nitrogen and oxygen atoms in total. The van der Waals surface area contributed by atoms with Gasteiger partial charge in [-0.2, -0.15) is 10.1 Å². The molecule has 0 bridgehead atoms. The molecule has 1 aliphatic rings. The second-order valence-corrected chi connectivity index (χ2v) is 8.00. The Hall–Kier alpha value is -3.46. The van der Waals surface area contributed by atoms with Gasteiger partial charge in [0.05, 0.1) is 5.69 Å². The molecule has 0 radical (unpaired) electrons. The summed E-state index contributed by atoms with van der Waals surface area (Å²) >= 11 is 0. The molecular formula is C23H30N8O. The lowest BCUT2D eigenvalue weighted by atomic mass is 10.2. The SMILES string of the molecule is CCNCCCNC(=O)c1ccc(Nc2ncc(C)c(Nc3cc(C4CC4)n[nH]3)n2)cc1. The quantitative estimate of drug-likeness (QED) is 0.293. The Kier molecular flexibility index (Phi) is 6.96. The maximum atomic E-state index is 12.3. The highest BCUT2D eigenvalue weighted by Gasteiger charge is 2.26. The minimum absolute atomic E-state index is 0.0729. The normalized spacial score (nSPS) is 13.1. The van der Waals surface area contributed by atoms with Crippen molar-refractivity contribution < 1.29 is 4.79 Å². The van der Waals surface area contributed by atoms with E-state index >= 15 is 0 Å². The van der Waals surface area contributed by atoms with Gasteiger partial charge in [-0.15, -0.1) is 0 Å². The molecule has 9 heteroatoms. The number of H-pyrrole nitrogens is 1. The summed E-state index contributed by atoms with van der Waals surface area (Å²) in [5.74, 6) is 2.52. The summed E-state index contributed by atoms with van der Waals surface area (Å²) in [5.41, 5.74) is 3.46. The van der Waals surface area contributed by atoms with Crippen molar-refractivity contribution in [2.45, 2.75) is 39.0 Å². The largest absolute Gasteiger partial charge is 0.352 e. The number of amides is 1. The minimum atomic E-state index is -0.0729. The van der Waals surface area contributed by atoms with Gasteiger partial charge in [-0.25, -0.2) is 4.98 Å². The molecule has 1 fully saturated rings. The number of anilines is 4. The van der Waals surface area contributed by atoms with E-state index in [9.17, 15) is 4.79 Å². The smallest absolute Gasteiger partial charge is 0.251 e. The number of benzene rings is 1. The van der Waals surface area contributed by atoms with Crippen molar-refractivity contribution in [2.24, 2.45) is 0 Å². The third-order valence-electron chi connectivity index (χ3n) is 5.29. The topological polar surface area (TPSA) is 120 Å². The van der Waals surface area contributed by atoms with Crippen LogP contribution in [0, 0.1) is 6.92 Å². The van der Waals surface area contributed by atoms with Crippen molar-refractivity contribution in [1.29, 1.82) is 0 Å². The Labute approximate surface area is 187 Å². The van der Waals surface area contributed by atoms with E-state index in [0.29, 0.717) is 29.8 Å². The predicted molar refractivity (Wildman–Crippen MR) is 126 cm³/mol. The summed E-state index contributed by atoms with van der Waals surface area (Å²) in [6, 6.07) is 9.32. The molecule has 1 saturated carbocycles. The van der Waals surface area contributed by atoms with E-state index in [1.807, 2.05) is 25.1 Å². The Balaban J connectivity index is 1.34. The molecular weight excluding hydrogens is 404 g/mol. The number of aromatic amines is 1. The van der Waals surface area contributed by atoms with Crippen molar-refractivity contribution in [2.75, 3.05) is 30.3 Å². The Bertz CT molecular complexity index is 1040. The number of nitrogens with one attached hydrogen (secondary N) is 5. The summed E-state index contributed by atoms with van der Waals surface area (Å²) in [4.78, 5) is 21.2. The van der Waals surface area contributed by atoms with Crippen LogP contribution in [0.3, 0.4) is 0 Å². The van der Waals surface area contributed by atoms with Crippen LogP contribution >= 0.6 is 0 Å². The first kappa shape index (κ1) is 21.8. The van der Waals surface area contributed by atoms with Gasteiger partial charge in [0.1, 0.15) is 11.6 Å². The van der Waals surface area contributed by atoms with Crippen molar-refractivity contribution in [3.63, 3.8) is 0 Å². The van der Waals surface area contributed by atoms with E-state index in [2.05, 4.69) is 48.4 Å². The van der Waals surface area contributed by atoms with Gasteiger partial charge in [-0.1, -0.05) is 6.92 Å². The van der Waals surface area contributed by atoms with E-state index < -0.39 is 0 Å². The minimum Gasteiger partial charge on any atom is -0.352 e. The zero-order valence-electron chi connectivity index (χ0n) is 18.5. The molecule has 0 saturated heterocycles. The standard InChI is InChI=1S/C23H30N8O/c1-3-24-11-4-12-25-22(32)17-7-9-18(10-8-17)27-23-26-14-15(2)21(29-23)28-20-13-19(30-31-20)16-5-6-16/h7-10,13-14,16,24H,3-6,11-12H2,1-2H3,(H,25,32)(H3,26,27,28,29,30,31). The fourth-order valence-corrected chi connectivity index (χ4v) is 3.27. The van der Waals surface area contributed by atoms with Crippen molar-refractivity contribution in [1.82, 2.24) is 30.8 Å². The first-order valence-electron chi connectivity index (χ1n) is 11.1. The second kappa shape index (κ2) is 10.2. The van der Waals surface area contributed by atoms with E-state index in [-0.39, 0.29) is 5.91 Å². The molecule has 168 valence electrons. The number of hydrogen-bond acceptors (Lipinski definition) is 7. The Morgan fingerprint density at radius 2 is 1.97 bits per heavy atom. The van der Waals surface area contributed by atoms with Crippen LogP contribution in [0.2, 0.25) is 0 Å². The van der Waals surface area contributed by atoms with Crippen LogP contribution in [0.4, 0.5) is 23.3 Å². The highest BCUT2D eigenvalue weighted by atomic mass is 16.1. The van der Waals surface area contributed by atoms with Gasteiger partial charge in [0.25, 0.3) is 5.91 Å². The van der Waals surface area contributed by atoms with E-state index in [4.69, 9.17) is 0 Å². The molecule has 1 aromatic carbocycles. The van der Waals surface area contributed by atoms with E-state index in [0.717, 1.165) is 42.3 Å². The number of hydrogen-bond donors (Lipinski definition) is 5. The average Bonchev–Trinajstić information content (AvgIpc) is 3.55. The summed E-state index contributed by atoms with van der Waals surface area (Å²) in [6.07, 6.45) is 5.09. The van der Waals surface area contributed by atoms with Crippen molar-refractivity contribution in [3.05, 3.63) is 53.3 Å². The van der Waals surface area contributed by atoms with Crippen molar-refractivity contribution in [3.8, 4) is 0 Å². The molecule has 0 spiro atoms. The summed E-state index contributed by atoms with van der Waals surface area (Å²) < 4.78 is 0. The lowest BCUT2D eigenvalue weighted by molar-refractivity contribution is 0.0953. The van der Waals surface area contributed by atoms with Gasteiger partial charge in [-0.05, 0) is 63.5 Å². The van der Waals surface area contributed by atoms with Gasteiger partial charge in [0.15, 0.2) is 0 Å². The number of rotatable bonds is 11. The Morgan fingerprint density at radius 3 is 2.72 bits per heavy atom.